The van der Waals surface area contributed by atoms with Crippen LogP contribution in [0.5, 0.6) is 0 Å². The van der Waals surface area contributed by atoms with Crippen molar-refractivity contribution in [1.82, 2.24) is 9.97 Å². The van der Waals surface area contributed by atoms with Crippen LogP contribution in [0.25, 0.3) is 11.0 Å². The molecule has 2 aromatic heterocycles. The first-order valence-corrected chi connectivity index (χ1v) is 4.41. The van der Waals surface area contributed by atoms with E-state index in [-0.39, 0.29) is 5.97 Å². The van der Waals surface area contributed by atoms with E-state index in [9.17, 15) is 4.79 Å². The van der Waals surface area contributed by atoms with Crippen molar-refractivity contribution in [1.29, 1.82) is 0 Å². The molecule has 0 amide bonds. The number of carbonyl (C=O) groups is 1. The summed E-state index contributed by atoms with van der Waals surface area (Å²) in [4.78, 5) is 18.4. The Labute approximate surface area is 80.9 Å². The van der Waals surface area contributed by atoms with E-state index in [0.717, 1.165) is 11.0 Å². The Kier molecular flexibility index (Phi) is 2.18. The Hall–Kier alpha value is -1.84. The molecule has 14 heavy (non-hydrogen) atoms. The summed E-state index contributed by atoms with van der Waals surface area (Å²) < 4.78 is 4.86. The molecule has 4 heteroatoms. The van der Waals surface area contributed by atoms with Gasteiger partial charge in [0.25, 0.3) is 0 Å². The van der Waals surface area contributed by atoms with Crippen molar-refractivity contribution in [2.75, 3.05) is 6.61 Å². The second-order valence-electron chi connectivity index (χ2n) is 2.86. The van der Waals surface area contributed by atoms with Crippen LogP contribution in [0.4, 0.5) is 0 Å². The number of aromatic amines is 1. The zero-order valence-corrected chi connectivity index (χ0v) is 7.78. The van der Waals surface area contributed by atoms with Gasteiger partial charge >= 0.3 is 5.97 Å². The van der Waals surface area contributed by atoms with Crippen molar-refractivity contribution in [3.05, 3.63) is 30.1 Å². The Morgan fingerprint density at radius 3 is 3.29 bits per heavy atom. The number of rotatable bonds is 2. The van der Waals surface area contributed by atoms with Crippen LogP contribution >= 0.6 is 0 Å². The van der Waals surface area contributed by atoms with Gasteiger partial charge in [-0.3, -0.25) is 0 Å². The van der Waals surface area contributed by atoms with E-state index in [1.54, 1.807) is 19.2 Å². The Bertz CT molecular complexity index is 462. The molecule has 0 aliphatic rings. The molecule has 72 valence electrons. The topological polar surface area (TPSA) is 55.0 Å². The molecular weight excluding hydrogens is 180 g/mol. The Balaban J connectivity index is 2.38. The van der Waals surface area contributed by atoms with Gasteiger partial charge in [0.1, 0.15) is 5.65 Å². The lowest BCUT2D eigenvalue weighted by atomic mass is 10.2. The summed E-state index contributed by atoms with van der Waals surface area (Å²) in [5.74, 6) is -0.330. The van der Waals surface area contributed by atoms with E-state index in [4.69, 9.17) is 4.74 Å². The monoisotopic (exact) mass is 190 g/mol. The van der Waals surface area contributed by atoms with Gasteiger partial charge < -0.3 is 9.72 Å². The van der Waals surface area contributed by atoms with Gasteiger partial charge in [-0.05, 0) is 19.1 Å². The molecule has 0 aromatic carbocycles. The number of ether oxygens (including phenoxy) is 1. The third-order valence-electron chi connectivity index (χ3n) is 1.91. The van der Waals surface area contributed by atoms with Crippen molar-refractivity contribution < 1.29 is 9.53 Å². The number of carbonyl (C=O) groups excluding carboxylic acids is 1. The molecule has 0 unspecified atom stereocenters. The molecule has 0 saturated carbocycles. The van der Waals surface area contributed by atoms with Gasteiger partial charge in [0, 0.05) is 17.8 Å². The molecule has 0 aliphatic heterocycles. The Morgan fingerprint density at radius 1 is 1.64 bits per heavy atom. The predicted molar refractivity (Wildman–Crippen MR) is 52.1 cm³/mol. The molecule has 0 aliphatic carbocycles. The van der Waals surface area contributed by atoms with Crippen LogP contribution in [0.1, 0.15) is 17.3 Å². The van der Waals surface area contributed by atoms with Crippen LogP contribution in [0, 0.1) is 0 Å². The number of nitrogens with zero attached hydrogens (tertiary/aromatic N) is 1. The maximum absolute atomic E-state index is 11.3. The standard InChI is InChI=1S/C10H10N2O2/c1-2-14-10(13)8-5-7-3-4-11-9(7)12-6-8/h3-6H,2H2,1H3,(H,11,12). The maximum atomic E-state index is 11.3. The second-order valence-corrected chi connectivity index (χ2v) is 2.86. The molecule has 4 nitrogen and oxygen atoms in total. The first-order valence-electron chi connectivity index (χ1n) is 4.41. The first-order chi connectivity index (χ1) is 6.81. The molecule has 1 N–H and O–H groups in total. The largest absolute Gasteiger partial charge is 0.462 e. The summed E-state index contributed by atoms with van der Waals surface area (Å²) in [5, 5.41) is 0.913. The van der Waals surface area contributed by atoms with Crippen molar-refractivity contribution >= 4 is 17.0 Å². The van der Waals surface area contributed by atoms with Gasteiger partial charge in [-0.1, -0.05) is 0 Å². The third kappa shape index (κ3) is 1.46. The number of esters is 1. The number of hydrogen-bond acceptors (Lipinski definition) is 3. The van der Waals surface area contributed by atoms with Crippen LogP contribution in [0.2, 0.25) is 0 Å². The molecule has 0 bridgehead atoms. The molecule has 0 fully saturated rings. The molecule has 0 spiro atoms. The van der Waals surface area contributed by atoms with Crippen LogP contribution in [0.3, 0.4) is 0 Å². The second kappa shape index (κ2) is 3.49. The molecule has 2 heterocycles. The minimum absolute atomic E-state index is 0.330. The fourth-order valence-electron chi connectivity index (χ4n) is 1.27. The average Bonchev–Trinajstić information content (AvgIpc) is 2.64. The highest BCUT2D eigenvalue weighted by molar-refractivity contribution is 5.93. The first kappa shape index (κ1) is 8.74. The fraction of sp³-hybridized carbons (Fsp3) is 0.200. The molecule has 2 rings (SSSR count). The summed E-state index contributed by atoms with van der Waals surface area (Å²) in [6, 6.07) is 3.63. The number of hydrogen-bond donors (Lipinski definition) is 1. The lowest BCUT2D eigenvalue weighted by molar-refractivity contribution is 0.0526. The summed E-state index contributed by atoms with van der Waals surface area (Å²) in [7, 11) is 0. The zero-order chi connectivity index (χ0) is 9.97. The molecular formula is C10H10N2O2. The van der Waals surface area contributed by atoms with E-state index in [1.807, 2.05) is 6.07 Å². The van der Waals surface area contributed by atoms with Gasteiger partial charge in [-0.2, -0.15) is 0 Å². The van der Waals surface area contributed by atoms with Gasteiger partial charge in [0.15, 0.2) is 0 Å². The van der Waals surface area contributed by atoms with E-state index in [0.29, 0.717) is 12.2 Å². The number of aromatic nitrogens is 2. The molecule has 0 saturated heterocycles. The third-order valence-corrected chi connectivity index (χ3v) is 1.91. The van der Waals surface area contributed by atoms with Crippen LogP contribution in [-0.2, 0) is 4.74 Å². The number of pyridine rings is 1. The van der Waals surface area contributed by atoms with E-state index in [1.165, 1.54) is 6.20 Å². The van der Waals surface area contributed by atoms with Gasteiger partial charge in [0.05, 0.1) is 12.2 Å². The number of nitrogens with one attached hydrogen (secondary N) is 1. The lowest BCUT2D eigenvalue weighted by Crippen LogP contribution is -2.04. The van der Waals surface area contributed by atoms with E-state index in [2.05, 4.69) is 9.97 Å². The summed E-state index contributed by atoms with van der Waals surface area (Å²) in [5.41, 5.74) is 1.26. The van der Waals surface area contributed by atoms with Gasteiger partial charge in [-0.15, -0.1) is 0 Å². The van der Waals surface area contributed by atoms with Crippen molar-refractivity contribution in [3.8, 4) is 0 Å². The fourth-order valence-corrected chi connectivity index (χ4v) is 1.27. The number of H-pyrrole nitrogens is 1. The van der Waals surface area contributed by atoms with Crippen LogP contribution in [-0.4, -0.2) is 22.5 Å². The predicted octanol–water partition coefficient (Wildman–Crippen LogP) is 1.74. The highest BCUT2D eigenvalue weighted by Gasteiger charge is 2.07. The van der Waals surface area contributed by atoms with Crippen LogP contribution in [0.15, 0.2) is 24.5 Å². The van der Waals surface area contributed by atoms with Crippen molar-refractivity contribution in [2.45, 2.75) is 6.92 Å². The maximum Gasteiger partial charge on any atom is 0.339 e. The molecule has 2 aromatic rings. The average molecular weight is 190 g/mol. The van der Waals surface area contributed by atoms with Gasteiger partial charge in [0.2, 0.25) is 0 Å². The van der Waals surface area contributed by atoms with E-state index < -0.39 is 0 Å². The smallest absolute Gasteiger partial charge is 0.339 e. The van der Waals surface area contributed by atoms with Crippen molar-refractivity contribution in [2.24, 2.45) is 0 Å². The normalized spacial score (nSPS) is 10.4. The minimum Gasteiger partial charge on any atom is -0.462 e. The quantitative estimate of drug-likeness (QED) is 0.734. The SMILES string of the molecule is CCOC(=O)c1cnc2[nH]ccc2c1. The highest BCUT2D eigenvalue weighted by atomic mass is 16.5. The molecule has 0 radical (unpaired) electrons. The minimum atomic E-state index is -0.330. The van der Waals surface area contributed by atoms with Gasteiger partial charge in [-0.25, -0.2) is 9.78 Å². The Morgan fingerprint density at radius 2 is 2.50 bits per heavy atom. The van der Waals surface area contributed by atoms with Crippen molar-refractivity contribution in [3.63, 3.8) is 0 Å². The summed E-state index contributed by atoms with van der Waals surface area (Å²) >= 11 is 0. The molecule has 0 atom stereocenters. The van der Waals surface area contributed by atoms with Crippen LogP contribution < -0.4 is 0 Å². The number of fused-ring (bicyclic) bond motifs is 1. The highest BCUT2D eigenvalue weighted by Crippen LogP contribution is 2.11. The summed E-state index contributed by atoms with van der Waals surface area (Å²) in [6.07, 6.45) is 3.30. The lowest BCUT2D eigenvalue weighted by Gasteiger charge is -2.00. The summed E-state index contributed by atoms with van der Waals surface area (Å²) in [6.45, 7) is 2.16. The zero-order valence-electron chi connectivity index (χ0n) is 7.78. The van der Waals surface area contributed by atoms with E-state index >= 15 is 0 Å².